The number of benzene rings is 1. The molecular formula is C18H24N2O. The molecule has 2 aliphatic heterocycles. The lowest BCUT2D eigenvalue weighted by molar-refractivity contribution is -0.137. The molecule has 1 amide bonds. The summed E-state index contributed by atoms with van der Waals surface area (Å²) in [5.41, 5.74) is 2.60. The van der Waals surface area contributed by atoms with E-state index in [0.717, 1.165) is 32.5 Å². The average molecular weight is 284 g/mol. The van der Waals surface area contributed by atoms with Crippen LogP contribution in [0.3, 0.4) is 0 Å². The first-order valence-electron chi connectivity index (χ1n) is 8.17. The molecule has 1 aliphatic carbocycles. The molecule has 0 unspecified atom stereocenters. The molecule has 112 valence electrons. The van der Waals surface area contributed by atoms with E-state index in [-0.39, 0.29) is 11.5 Å². The number of carbonyl (C=O) groups excluding carboxylic acids is 1. The zero-order chi connectivity index (χ0) is 14.6. The number of fused-ring (bicyclic) bond motifs is 1. The number of hydrogen-bond acceptors (Lipinski definition) is 2. The van der Waals surface area contributed by atoms with Crippen molar-refractivity contribution in [3.05, 3.63) is 35.4 Å². The van der Waals surface area contributed by atoms with E-state index in [2.05, 4.69) is 48.3 Å². The largest absolute Gasteiger partial charge is 0.334 e. The van der Waals surface area contributed by atoms with Crippen molar-refractivity contribution in [3.63, 3.8) is 0 Å². The van der Waals surface area contributed by atoms with Crippen molar-refractivity contribution in [2.45, 2.75) is 32.7 Å². The fourth-order valence-corrected chi connectivity index (χ4v) is 4.19. The lowest BCUT2D eigenvalue weighted by Gasteiger charge is -2.31. The lowest BCUT2D eigenvalue weighted by Crippen LogP contribution is -2.38. The van der Waals surface area contributed by atoms with Gasteiger partial charge in [-0.25, -0.2) is 0 Å². The maximum Gasteiger partial charge on any atom is 0.229 e. The molecule has 1 saturated carbocycles. The van der Waals surface area contributed by atoms with Gasteiger partial charge in [-0.2, -0.15) is 0 Å². The summed E-state index contributed by atoms with van der Waals surface area (Å²) in [6.45, 7) is 7.35. The third-order valence-corrected chi connectivity index (χ3v) is 5.85. The highest BCUT2D eigenvalue weighted by Crippen LogP contribution is 2.51. The second kappa shape index (κ2) is 4.57. The van der Waals surface area contributed by atoms with Crippen LogP contribution in [0.15, 0.2) is 24.3 Å². The molecule has 0 aromatic heterocycles. The molecule has 3 aliphatic rings. The summed E-state index contributed by atoms with van der Waals surface area (Å²) in [6, 6.07) is 8.87. The molecule has 2 heterocycles. The van der Waals surface area contributed by atoms with Crippen molar-refractivity contribution in [2.75, 3.05) is 19.6 Å². The Morgan fingerprint density at radius 1 is 1.29 bits per heavy atom. The summed E-state index contributed by atoms with van der Waals surface area (Å²) < 4.78 is 0. The minimum absolute atomic E-state index is 0.0625. The smallest absolute Gasteiger partial charge is 0.229 e. The number of carbonyl (C=O) groups is 1. The second-order valence-corrected chi connectivity index (χ2v) is 7.40. The molecule has 1 aromatic carbocycles. The Morgan fingerprint density at radius 2 is 2.05 bits per heavy atom. The first-order chi connectivity index (χ1) is 10.1. The summed E-state index contributed by atoms with van der Waals surface area (Å²) in [4.78, 5) is 15.2. The fraction of sp³-hybridized carbons (Fsp3) is 0.611. The molecule has 3 fully saturated rings. The van der Waals surface area contributed by atoms with Crippen LogP contribution in [0.25, 0.3) is 0 Å². The molecule has 3 heteroatoms. The molecule has 21 heavy (non-hydrogen) atoms. The lowest BCUT2D eigenvalue weighted by atomic mass is 9.87. The first kappa shape index (κ1) is 13.3. The highest BCUT2D eigenvalue weighted by Gasteiger charge is 2.54. The molecule has 1 aromatic rings. The quantitative estimate of drug-likeness (QED) is 0.905. The summed E-state index contributed by atoms with van der Waals surface area (Å²) in [5, 5.41) is 3.52. The number of nitrogens with zero attached hydrogens (tertiary/aromatic N) is 1. The SMILES string of the molecule is Cc1ccccc1[C@H]1[C@H]2CNC[C@H]2CN1C(=O)C1(C)CC1. The summed E-state index contributed by atoms with van der Waals surface area (Å²) in [7, 11) is 0. The molecule has 0 radical (unpaired) electrons. The van der Waals surface area contributed by atoms with E-state index in [1.54, 1.807) is 0 Å². The molecule has 3 nitrogen and oxygen atoms in total. The van der Waals surface area contributed by atoms with Gasteiger partial charge >= 0.3 is 0 Å². The Labute approximate surface area is 126 Å². The van der Waals surface area contributed by atoms with Gasteiger partial charge in [0.15, 0.2) is 0 Å². The van der Waals surface area contributed by atoms with Gasteiger partial charge < -0.3 is 10.2 Å². The van der Waals surface area contributed by atoms with Gasteiger partial charge in [0, 0.05) is 31.0 Å². The predicted octanol–water partition coefficient (Wildman–Crippen LogP) is 2.51. The third kappa shape index (κ3) is 2.02. The van der Waals surface area contributed by atoms with Gasteiger partial charge in [0.05, 0.1) is 6.04 Å². The fourth-order valence-electron chi connectivity index (χ4n) is 4.19. The van der Waals surface area contributed by atoms with Crippen LogP contribution in [0.2, 0.25) is 0 Å². The molecule has 0 spiro atoms. The van der Waals surface area contributed by atoms with E-state index >= 15 is 0 Å². The van der Waals surface area contributed by atoms with Crippen LogP contribution >= 0.6 is 0 Å². The zero-order valence-electron chi connectivity index (χ0n) is 12.9. The van der Waals surface area contributed by atoms with Crippen molar-refractivity contribution in [2.24, 2.45) is 17.3 Å². The summed E-state index contributed by atoms with van der Waals surface area (Å²) in [6.07, 6.45) is 2.13. The maximum atomic E-state index is 13.0. The first-order valence-corrected chi connectivity index (χ1v) is 8.17. The Balaban J connectivity index is 1.72. The van der Waals surface area contributed by atoms with Crippen LogP contribution in [0, 0.1) is 24.2 Å². The van der Waals surface area contributed by atoms with Crippen LogP contribution in [0.4, 0.5) is 0 Å². The van der Waals surface area contributed by atoms with Gasteiger partial charge in [0.25, 0.3) is 0 Å². The van der Waals surface area contributed by atoms with Crippen molar-refractivity contribution < 1.29 is 4.79 Å². The maximum absolute atomic E-state index is 13.0. The van der Waals surface area contributed by atoms with Crippen molar-refractivity contribution in [1.29, 1.82) is 0 Å². The monoisotopic (exact) mass is 284 g/mol. The molecule has 3 atom stereocenters. The van der Waals surface area contributed by atoms with Crippen LogP contribution < -0.4 is 5.32 Å². The zero-order valence-corrected chi connectivity index (χ0v) is 12.9. The average Bonchev–Trinajstić information content (AvgIpc) is 2.93. The Hall–Kier alpha value is -1.35. The number of amides is 1. The Morgan fingerprint density at radius 3 is 2.76 bits per heavy atom. The van der Waals surface area contributed by atoms with Crippen LogP contribution in [0.1, 0.15) is 36.9 Å². The Kier molecular flexibility index (Phi) is 2.90. The van der Waals surface area contributed by atoms with E-state index in [0.29, 0.717) is 17.7 Å². The number of likely N-dealkylation sites (tertiary alicyclic amines) is 1. The van der Waals surface area contributed by atoms with Gasteiger partial charge in [-0.05, 0) is 36.8 Å². The van der Waals surface area contributed by atoms with Crippen molar-refractivity contribution >= 4 is 5.91 Å². The van der Waals surface area contributed by atoms with Gasteiger partial charge in [0.1, 0.15) is 0 Å². The molecule has 1 N–H and O–H groups in total. The summed E-state index contributed by atoms with van der Waals surface area (Å²) >= 11 is 0. The molecule has 0 bridgehead atoms. The van der Waals surface area contributed by atoms with Gasteiger partial charge in [-0.3, -0.25) is 4.79 Å². The topological polar surface area (TPSA) is 32.3 Å². The molecule has 2 saturated heterocycles. The minimum atomic E-state index is -0.0625. The van der Waals surface area contributed by atoms with Crippen molar-refractivity contribution in [3.8, 4) is 0 Å². The normalized spacial score (nSPS) is 33.0. The molecular weight excluding hydrogens is 260 g/mol. The highest BCUT2D eigenvalue weighted by molar-refractivity contribution is 5.85. The molecule has 4 rings (SSSR count). The number of aryl methyl sites for hydroxylation is 1. The standard InChI is InChI=1S/C18H24N2O/c1-12-5-3-4-6-14(12)16-15-10-19-9-13(15)11-20(16)17(21)18(2)7-8-18/h3-6,13,15-16,19H,7-11H2,1-2H3/t13-,15-,16-/m0/s1. The van der Waals surface area contributed by atoms with Gasteiger partial charge in [-0.1, -0.05) is 31.2 Å². The minimum Gasteiger partial charge on any atom is -0.334 e. The van der Waals surface area contributed by atoms with Crippen LogP contribution in [-0.2, 0) is 4.79 Å². The van der Waals surface area contributed by atoms with Gasteiger partial charge in [-0.15, -0.1) is 0 Å². The van der Waals surface area contributed by atoms with Gasteiger partial charge in [0.2, 0.25) is 5.91 Å². The van der Waals surface area contributed by atoms with E-state index in [1.807, 2.05) is 0 Å². The van der Waals surface area contributed by atoms with E-state index in [9.17, 15) is 4.79 Å². The van der Waals surface area contributed by atoms with E-state index in [4.69, 9.17) is 0 Å². The van der Waals surface area contributed by atoms with E-state index < -0.39 is 0 Å². The van der Waals surface area contributed by atoms with E-state index in [1.165, 1.54) is 11.1 Å². The Bertz CT molecular complexity index is 578. The number of hydrogen-bond donors (Lipinski definition) is 1. The second-order valence-electron chi connectivity index (χ2n) is 7.40. The number of rotatable bonds is 2. The third-order valence-electron chi connectivity index (χ3n) is 5.85. The van der Waals surface area contributed by atoms with Crippen molar-refractivity contribution in [1.82, 2.24) is 10.2 Å². The predicted molar refractivity (Wildman–Crippen MR) is 82.8 cm³/mol. The highest BCUT2D eigenvalue weighted by atomic mass is 16.2. The van der Waals surface area contributed by atoms with Crippen LogP contribution in [-0.4, -0.2) is 30.4 Å². The number of nitrogens with one attached hydrogen (secondary N) is 1. The summed E-state index contributed by atoms with van der Waals surface area (Å²) in [5.74, 6) is 1.60. The van der Waals surface area contributed by atoms with Crippen LogP contribution in [0.5, 0.6) is 0 Å².